The summed E-state index contributed by atoms with van der Waals surface area (Å²) in [7, 11) is 1.55. The highest BCUT2D eigenvalue weighted by atomic mass is 16.5. The summed E-state index contributed by atoms with van der Waals surface area (Å²) < 4.78 is 10.4. The van der Waals surface area contributed by atoms with Crippen molar-refractivity contribution in [1.29, 1.82) is 0 Å². The zero-order valence-electron chi connectivity index (χ0n) is 20.6. The number of aliphatic carboxylic acids is 2. The van der Waals surface area contributed by atoms with E-state index < -0.39 is 35.0 Å². The highest BCUT2D eigenvalue weighted by molar-refractivity contribution is 6.33. The maximum absolute atomic E-state index is 13.5. The smallest absolute Gasteiger partial charge is 0.372 e. The van der Waals surface area contributed by atoms with Crippen LogP contribution in [0.3, 0.4) is 0 Å². The third-order valence-electron chi connectivity index (χ3n) is 7.57. The number of unbranched alkanes of at least 4 members (excludes halogenated alkanes) is 1. The van der Waals surface area contributed by atoms with Crippen molar-refractivity contribution in [3.05, 3.63) is 0 Å². The molecule has 0 heterocycles. The van der Waals surface area contributed by atoms with Gasteiger partial charge in [0.25, 0.3) is 0 Å². The first-order valence-corrected chi connectivity index (χ1v) is 12.6. The van der Waals surface area contributed by atoms with Gasteiger partial charge in [-0.25, -0.2) is 4.79 Å². The largest absolute Gasteiger partial charge is 0.481 e. The second kappa shape index (κ2) is 13.8. The maximum atomic E-state index is 13.5. The van der Waals surface area contributed by atoms with Gasteiger partial charge in [-0.1, -0.05) is 32.6 Å². The van der Waals surface area contributed by atoms with Gasteiger partial charge in [0.1, 0.15) is 0 Å². The lowest BCUT2D eigenvalue weighted by molar-refractivity contribution is -0.153. The summed E-state index contributed by atoms with van der Waals surface area (Å²) in [6.45, 7) is 2.77. The third kappa shape index (κ3) is 7.77. The van der Waals surface area contributed by atoms with Crippen LogP contribution in [-0.2, 0) is 28.7 Å². The molecule has 3 N–H and O–H groups in total. The highest BCUT2D eigenvalue weighted by Gasteiger charge is 2.46. The fourth-order valence-corrected chi connectivity index (χ4v) is 5.66. The molecular weight excluding hydrogens is 442 g/mol. The molecule has 0 radical (unpaired) electrons. The Bertz CT molecular complexity index is 703. The Morgan fingerprint density at radius 3 is 2.38 bits per heavy atom. The Morgan fingerprint density at radius 1 is 1.09 bits per heavy atom. The van der Waals surface area contributed by atoms with Gasteiger partial charge in [-0.05, 0) is 50.9 Å². The quantitative estimate of drug-likeness (QED) is 0.239. The van der Waals surface area contributed by atoms with E-state index in [1.165, 1.54) is 0 Å². The Labute approximate surface area is 201 Å². The van der Waals surface area contributed by atoms with Crippen LogP contribution in [0.2, 0.25) is 0 Å². The zero-order valence-corrected chi connectivity index (χ0v) is 20.6. The predicted molar refractivity (Wildman–Crippen MR) is 124 cm³/mol. The van der Waals surface area contributed by atoms with E-state index in [0.717, 1.165) is 32.1 Å². The lowest BCUT2D eigenvalue weighted by atomic mass is 9.72. The van der Waals surface area contributed by atoms with Gasteiger partial charge >= 0.3 is 11.9 Å². The predicted octanol–water partition coefficient (Wildman–Crippen LogP) is 3.05. The van der Waals surface area contributed by atoms with Crippen molar-refractivity contribution in [2.24, 2.45) is 23.2 Å². The lowest BCUT2D eigenvalue weighted by Crippen LogP contribution is -2.49. The average molecular weight is 484 g/mol. The van der Waals surface area contributed by atoms with E-state index in [-0.39, 0.29) is 30.9 Å². The number of carbonyl (C=O) groups excluding carboxylic acids is 2. The van der Waals surface area contributed by atoms with Gasteiger partial charge in [-0.3, -0.25) is 14.4 Å². The van der Waals surface area contributed by atoms with E-state index in [1.807, 2.05) is 0 Å². The molecule has 1 amide bonds. The Morgan fingerprint density at radius 2 is 1.79 bits per heavy atom. The standard InChI is InChI=1S/C25H41NO8/c1-3-4-7-17-14-19(8-9-20(17)21(27)23(30)31)26-24(32)25(10-5-6-11-25)15-18(22(28)29)16-34-13-12-33-2/h17-20H,3-16H2,1-2H3,(H,26,32)(H,28,29)(H,30,31)/t17-,18+,19-,20+/m1/s1. The van der Waals surface area contributed by atoms with Crippen molar-refractivity contribution in [3.8, 4) is 0 Å². The molecule has 0 aromatic carbocycles. The van der Waals surface area contributed by atoms with Crippen LogP contribution >= 0.6 is 0 Å². The van der Waals surface area contributed by atoms with E-state index in [2.05, 4.69) is 12.2 Å². The van der Waals surface area contributed by atoms with E-state index in [0.29, 0.717) is 45.3 Å². The second-order valence-electron chi connectivity index (χ2n) is 9.96. The summed E-state index contributed by atoms with van der Waals surface area (Å²) in [6, 6.07) is -0.133. The molecule has 34 heavy (non-hydrogen) atoms. The Kier molecular flexibility index (Phi) is 11.4. The Hall–Kier alpha value is -2.00. The van der Waals surface area contributed by atoms with E-state index in [1.54, 1.807) is 7.11 Å². The normalized spacial score (nSPS) is 24.9. The number of hydrogen-bond acceptors (Lipinski definition) is 6. The molecule has 0 bridgehead atoms. The molecule has 2 aliphatic carbocycles. The van der Waals surface area contributed by atoms with Crippen LogP contribution in [0.1, 0.15) is 77.6 Å². The van der Waals surface area contributed by atoms with E-state index in [4.69, 9.17) is 9.47 Å². The minimum absolute atomic E-state index is 0.0369. The maximum Gasteiger partial charge on any atom is 0.372 e. The van der Waals surface area contributed by atoms with Gasteiger partial charge in [0, 0.05) is 19.1 Å². The fraction of sp³-hybridized carbons (Fsp3) is 0.840. The van der Waals surface area contributed by atoms with Crippen molar-refractivity contribution in [3.63, 3.8) is 0 Å². The number of methoxy groups -OCH3 is 1. The molecule has 2 fully saturated rings. The van der Waals surface area contributed by atoms with Crippen molar-refractivity contribution >= 4 is 23.6 Å². The van der Waals surface area contributed by atoms with Crippen molar-refractivity contribution in [1.82, 2.24) is 5.32 Å². The number of Topliss-reactive ketones (excluding diaryl/α,β-unsaturated/α-hetero) is 1. The molecule has 0 aliphatic heterocycles. The molecule has 9 heteroatoms. The molecule has 0 aromatic heterocycles. The molecule has 4 atom stereocenters. The van der Waals surface area contributed by atoms with Gasteiger partial charge in [0.15, 0.2) is 0 Å². The molecule has 0 unspecified atom stereocenters. The van der Waals surface area contributed by atoms with E-state index >= 15 is 0 Å². The van der Waals surface area contributed by atoms with Gasteiger partial charge in [0.05, 0.1) is 31.2 Å². The number of rotatable bonds is 15. The second-order valence-corrected chi connectivity index (χ2v) is 9.96. The average Bonchev–Trinajstić information content (AvgIpc) is 3.29. The first kappa shape index (κ1) is 28.2. The number of ether oxygens (including phenoxy) is 2. The van der Waals surface area contributed by atoms with Gasteiger partial charge < -0.3 is 25.0 Å². The number of carboxylic acids is 2. The Balaban J connectivity index is 2.05. The SMILES string of the molecule is CCCC[C@@H]1C[C@H](NC(=O)C2(C[C@@H](COCCOC)C(=O)O)CCCC2)CC[C@@H]1C(=O)C(=O)O. The number of carboxylic acid groups (broad SMARTS) is 2. The number of hydrogen-bond donors (Lipinski definition) is 3. The van der Waals surface area contributed by atoms with Gasteiger partial charge in [0.2, 0.25) is 11.7 Å². The van der Waals surface area contributed by atoms with Crippen molar-refractivity contribution < 1.29 is 38.9 Å². The van der Waals surface area contributed by atoms with Crippen LogP contribution in [0, 0.1) is 23.2 Å². The monoisotopic (exact) mass is 483 g/mol. The fourth-order valence-electron chi connectivity index (χ4n) is 5.66. The molecule has 9 nitrogen and oxygen atoms in total. The molecule has 0 saturated heterocycles. The highest BCUT2D eigenvalue weighted by Crippen LogP contribution is 2.44. The summed E-state index contributed by atoms with van der Waals surface area (Å²) in [6.07, 6.45) is 7.47. The first-order valence-electron chi connectivity index (χ1n) is 12.6. The van der Waals surface area contributed by atoms with Crippen LogP contribution in [0.5, 0.6) is 0 Å². The van der Waals surface area contributed by atoms with Crippen LogP contribution < -0.4 is 5.32 Å². The molecular formula is C25H41NO8. The van der Waals surface area contributed by atoms with E-state index in [9.17, 15) is 29.4 Å². The molecule has 2 rings (SSSR count). The minimum Gasteiger partial charge on any atom is -0.481 e. The summed E-state index contributed by atoms with van der Waals surface area (Å²) in [5.41, 5.74) is -0.736. The summed E-state index contributed by atoms with van der Waals surface area (Å²) in [5.74, 6) is -4.54. The lowest BCUT2D eigenvalue weighted by Gasteiger charge is -2.38. The molecule has 0 spiro atoms. The van der Waals surface area contributed by atoms with Crippen LogP contribution in [0.4, 0.5) is 0 Å². The number of carbonyl (C=O) groups is 4. The summed E-state index contributed by atoms with van der Waals surface area (Å²) >= 11 is 0. The summed E-state index contributed by atoms with van der Waals surface area (Å²) in [5, 5.41) is 22.1. The van der Waals surface area contributed by atoms with Crippen LogP contribution in [0.25, 0.3) is 0 Å². The number of amides is 1. The third-order valence-corrected chi connectivity index (χ3v) is 7.57. The van der Waals surface area contributed by atoms with Crippen LogP contribution in [0.15, 0.2) is 0 Å². The van der Waals surface area contributed by atoms with Crippen LogP contribution in [-0.4, -0.2) is 66.8 Å². The van der Waals surface area contributed by atoms with Gasteiger partial charge in [-0.15, -0.1) is 0 Å². The summed E-state index contributed by atoms with van der Waals surface area (Å²) in [4.78, 5) is 48.9. The molecule has 2 aliphatic rings. The van der Waals surface area contributed by atoms with Crippen molar-refractivity contribution in [2.45, 2.75) is 83.6 Å². The number of nitrogens with one attached hydrogen (secondary N) is 1. The number of ketones is 1. The molecule has 2 saturated carbocycles. The zero-order chi connectivity index (χ0) is 25.1. The van der Waals surface area contributed by atoms with Gasteiger partial charge in [-0.2, -0.15) is 0 Å². The first-order chi connectivity index (χ1) is 16.2. The minimum atomic E-state index is -1.38. The molecule has 0 aromatic rings. The van der Waals surface area contributed by atoms with Crippen molar-refractivity contribution in [2.75, 3.05) is 26.9 Å². The molecule has 194 valence electrons. The topological polar surface area (TPSA) is 139 Å².